The average Bonchev–Trinajstić information content (AvgIpc) is 3.32. The lowest BCUT2D eigenvalue weighted by molar-refractivity contribution is -0.385. The van der Waals surface area contributed by atoms with Crippen molar-refractivity contribution in [2.45, 2.75) is 26.8 Å². The van der Waals surface area contributed by atoms with Crippen LogP contribution in [0.3, 0.4) is 0 Å². The zero-order chi connectivity index (χ0) is 19.4. The first-order chi connectivity index (χ1) is 13.0. The van der Waals surface area contributed by atoms with Gasteiger partial charge in [-0.25, -0.2) is 0 Å². The SMILES string of the molecule is CCCN(Cc1nnc(-c2ccco2)o1)C(=O)c1cccc([N+](=O)[O-])c1C. The molecule has 140 valence electrons. The molecule has 9 nitrogen and oxygen atoms in total. The smallest absolute Gasteiger partial charge is 0.283 e. The van der Waals surface area contributed by atoms with E-state index in [0.717, 1.165) is 0 Å². The summed E-state index contributed by atoms with van der Waals surface area (Å²) in [5.41, 5.74) is 0.522. The van der Waals surface area contributed by atoms with Crippen LogP contribution < -0.4 is 0 Å². The highest BCUT2D eigenvalue weighted by atomic mass is 16.6. The quantitative estimate of drug-likeness (QED) is 0.461. The standard InChI is InChI=1S/C18H18N4O5/c1-3-9-21(11-16-19-20-17(27-16)15-8-5-10-26-15)18(23)13-6-4-7-14(12(13)2)22(24)25/h4-8,10H,3,9,11H2,1-2H3. The van der Waals surface area contributed by atoms with Crippen LogP contribution in [0.5, 0.6) is 0 Å². The number of benzene rings is 1. The fourth-order valence-electron chi connectivity index (χ4n) is 2.73. The van der Waals surface area contributed by atoms with Gasteiger partial charge in [0, 0.05) is 23.7 Å². The predicted molar refractivity (Wildman–Crippen MR) is 94.9 cm³/mol. The first-order valence-electron chi connectivity index (χ1n) is 8.40. The lowest BCUT2D eigenvalue weighted by Crippen LogP contribution is -2.32. The second-order valence-corrected chi connectivity index (χ2v) is 5.91. The molecule has 0 spiro atoms. The third kappa shape index (κ3) is 3.86. The van der Waals surface area contributed by atoms with Crippen LogP contribution in [-0.4, -0.2) is 32.5 Å². The summed E-state index contributed by atoms with van der Waals surface area (Å²) in [4.78, 5) is 25.1. The first kappa shape index (κ1) is 18.3. The normalized spacial score (nSPS) is 10.7. The highest BCUT2D eigenvalue weighted by molar-refractivity contribution is 5.96. The van der Waals surface area contributed by atoms with E-state index in [1.165, 1.54) is 23.3 Å². The maximum Gasteiger partial charge on any atom is 0.283 e. The molecule has 0 radical (unpaired) electrons. The van der Waals surface area contributed by atoms with Crippen molar-refractivity contribution < 1.29 is 18.6 Å². The van der Waals surface area contributed by atoms with Crippen molar-refractivity contribution in [3.63, 3.8) is 0 Å². The van der Waals surface area contributed by atoms with E-state index in [4.69, 9.17) is 8.83 Å². The molecule has 2 aromatic heterocycles. The number of nitro benzene ring substituents is 1. The van der Waals surface area contributed by atoms with Crippen molar-refractivity contribution in [3.8, 4) is 11.7 Å². The molecule has 27 heavy (non-hydrogen) atoms. The van der Waals surface area contributed by atoms with Crippen LogP contribution >= 0.6 is 0 Å². The Morgan fingerprint density at radius 1 is 1.26 bits per heavy atom. The monoisotopic (exact) mass is 370 g/mol. The Bertz CT molecular complexity index is 949. The van der Waals surface area contributed by atoms with E-state index in [1.54, 1.807) is 25.1 Å². The number of hydrogen-bond acceptors (Lipinski definition) is 7. The molecule has 3 aromatic rings. The van der Waals surface area contributed by atoms with E-state index in [1.807, 2.05) is 6.92 Å². The van der Waals surface area contributed by atoms with Crippen LogP contribution in [0.2, 0.25) is 0 Å². The molecule has 9 heteroatoms. The van der Waals surface area contributed by atoms with Crippen LogP contribution in [0, 0.1) is 17.0 Å². The number of nitro groups is 1. The van der Waals surface area contributed by atoms with Crippen LogP contribution in [-0.2, 0) is 6.54 Å². The van der Waals surface area contributed by atoms with Gasteiger partial charge in [-0.2, -0.15) is 0 Å². The molecule has 0 saturated heterocycles. The Morgan fingerprint density at radius 3 is 2.74 bits per heavy atom. The molecule has 0 saturated carbocycles. The molecule has 1 amide bonds. The van der Waals surface area contributed by atoms with Gasteiger partial charge in [0.15, 0.2) is 5.76 Å². The zero-order valence-corrected chi connectivity index (χ0v) is 14.9. The summed E-state index contributed by atoms with van der Waals surface area (Å²) < 4.78 is 10.8. The summed E-state index contributed by atoms with van der Waals surface area (Å²) in [6.45, 7) is 4.04. The van der Waals surface area contributed by atoms with Gasteiger partial charge in [-0.3, -0.25) is 14.9 Å². The molecule has 0 bridgehead atoms. The maximum atomic E-state index is 13.0. The van der Waals surface area contributed by atoms with Crippen LogP contribution in [0.4, 0.5) is 5.69 Å². The second kappa shape index (κ2) is 7.81. The molecule has 2 heterocycles. The summed E-state index contributed by atoms with van der Waals surface area (Å²) in [6.07, 6.45) is 2.20. The van der Waals surface area contributed by atoms with Gasteiger partial charge in [-0.15, -0.1) is 10.2 Å². The van der Waals surface area contributed by atoms with Crippen molar-refractivity contribution in [1.29, 1.82) is 0 Å². The molecular formula is C18H18N4O5. The van der Waals surface area contributed by atoms with E-state index in [0.29, 0.717) is 24.3 Å². The van der Waals surface area contributed by atoms with E-state index in [2.05, 4.69) is 10.2 Å². The van der Waals surface area contributed by atoms with E-state index in [9.17, 15) is 14.9 Å². The Labute approximate surface area is 154 Å². The number of carbonyl (C=O) groups excluding carboxylic acids is 1. The number of carbonyl (C=O) groups is 1. The minimum absolute atomic E-state index is 0.0878. The average molecular weight is 370 g/mol. The zero-order valence-electron chi connectivity index (χ0n) is 14.9. The minimum atomic E-state index is -0.496. The Balaban J connectivity index is 1.84. The number of rotatable bonds is 7. The van der Waals surface area contributed by atoms with Crippen molar-refractivity contribution >= 4 is 11.6 Å². The maximum absolute atomic E-state index is 13.0. The number of hydrogen-bond donors (Lipinski definition) is 0. The van der Waals surface area contributed by atoms with Crippen LogP contribution in [0.1, 0.15) is 35.2 Å². The van der Waals surface area contributed by atoms with Crippen molar-refractivity contribution in [2.75, 3.05) is 6.54 Å². The van der Waals surface area contributed by atoms with Gasteiger partial charge in [-0.1, -0.05) is 13.0 Å². The summed E-state index contributed by atoms with van der Waals surface area (Å²) in [7, 11) is 0. The van der Waals surface area contributed by atoms with E-state index in [-0.39, 0.29) is 35.5 Å². The summed E-state index contributed by atoms with van der Waals surface area (Å²) in [5, 5.41) is 19.0. The molecule has 0 N–H and O–H groups in total. The molecule has 0 aliphatic carbocycles. The predicted octanol–water partition coefficient (Wildman–Crippen LogP) is 3.60. The van der Waals surface area contributed by atoms with Crippen LogP contribution in [0.25, 0.3) is 11.7 Å². The number of amides is 1. The molecular weight excluding hydrogens is 352 g/mol. The molecule has 1 aromatic carbocycles. The third-order valence-corrected chi connectivity index (χ3v) is 4.04. The Morgan fingerprint density at radius 2 is 2.07 bits per heavy atom. The number of furan rings is 1. The van der Waals surface area contributed by atoms with E-state index < -0.39 is 4.92 Å². The van der Waals surface area contributed by atoms with Gasteiger partial charge >= 0.3 is 0 Å². The summed E-state index contributed by atoms with van der Waals surface area (Å²) in [6, 6.07) is 7.86. The molecule has 0 aliphatic heterocycles. The lowest BCUT2D eigenvalue weighted by Gasteiger charge is -2.21. The first-order valence-corrected chi connectivity index (χ1v) is 8.40. The Kier molecular flexibility index (Phi) is 5.30. The molecule has 0 fully saturated rings. The highest BCUT2D eigenvalue weighted by Crippen LogP contribution is 2.24. The van der Waals surface area contributed by atoms with Crippen molar-refractivity contribution in [3.05, 3.63) is 63.7 Å². The van der Waals surface area contributed by atoms with Crippen LogP contribution in [0.15, 0.2) is 45.4 Å². The van der Waals surface area contributed by atoms with Gasteiger partial charge in [-0.05, 0) is 31.5 Å². The number of nitrogens with zero attached hydrogens (tertiary/aromatic N) is 4. The van der Waals surface area contributed by atoms with Crippen molar-refractivity contribution in [2.24, 2.45) is 0 Å². The van der Waals surface area contributed by atoms with E-state index >= 15 is 0 Å². The fourth-order valence-corrected chi connectivity index (χ4v) is 2.73. The van der Waals surface area contributed by atoms with Crippen molar-refractivity contribution in [1.82, 2.24) is 15.1 Å². The van der Waals surface area contributed by atoms with Gasteiger partial charge in [0.05, 0.1) is 17.7 Å². The second-order valence-electron chi connectivity index (χ2n) is 5.91. The van der Waals surface area contributed by atoms with Gasteiger partial charge in [0.2, 0.25) is 5.89 Å². The van der Waals surface area contributed by atoms with Gasteiger partial charge < -0.3 is 13.7 Å². The summed E-state index contributed by atoms with van der Waals surface area (Å²) in [5.74, 6) is 0.601. The molecule has 0 unspecified atom stereocenters. The molecule has 0 atom stereocenters. The molecule has 3 rings (SSSR count). The molecule has 0 aliphatic rings. The fraction of sp³-hybridized carbons (Fsp3) is 0.278. The Hall–Kier alpha value is -3.49. The largest absolute Gasteiger partial charge is 0.459 e. The lowest BCUT2D eigenvalue weighted by atomic mass is 10.1. The van der Waals surface area contributed by atoms with Gasteiger partial charge in [0.1, 0.15) is 0 Å². The third-order valence-electron chi connectivity index (χ3n) is 4.04. The minimum Gasteiger partial charge on any atom is -0.459 e. The summed E-state index contributed by atoms with van der Waals surface area (Å²) >= 11 is 0. The van der Waals surface area contributed by atoms with Gasteiger partial charge in [0.25, 0.3) is 17.5 Å². The number of aromatic nitrogens is 2. The highest BCUT2D eigenvalue weighted by Gasteiger charge is 2.24. The topological polar surface area (TPSA) is 116 Å².